The SMILES string of the molecule is N#Cc1ccc2cc(CN3C[C@@H](F)[C@H](Oc4ccc5c(c4)CN(C4CCC(=O)NC4=O)C5=O)C3)ccc2n1. The number of amides is 3. The Balaban J connectivity index is 1.10. The number of fused-ring (bicyclic) bond motifs is 2. The van der Waals surface area contributed by atoms with Crippen molar-refractivity contribution in [2.75, 3.05) is 13.1 Å². The minimum absolute atomic E-state index is 0.194. The Morgan fingerprint density at radius 3 is 2.79 bits per heavy atom. The zero-order valence-electron chi connectivity index (χ0n) is 20.4. The Hall–Kier alpha value is -4.36. The Kier molecular flexibility index (Phi) is 6.00. The molecule has 3 atom stereocenters. The molecule has 2 fully saturated rings. The Morgan fingerprint density at radius 2 is 1.97 bits per heavy atom. The number of pyridine rings is 1. The molecule has 0 bridgehead atoms. The number of likely N-dealkylation sites (tertiary alicyclic amines) is 1. The molecule has 2 saturated heterocycles. The first kappa shape index (κ1) is 24.0. The van der Waals surface area contributed by atoms with Gasteiger partial charge in [0.1, 0.15) is 29.7 Å². The molecule has 38 heavy (non-hydrogen) atoms. The maximum atomic E-state index is 14.9. The zero-order valence-corrected chi connectivity index (χ0v) is 20.4. The lowest BCUT2D eigenvalue weighted by Crippen LogP contribution is -2.52. The lowest BCUT2D eigenvalue weighted by Gasteiger charge is -2.29. The van der Waals surface area contributed by atoms with Crippen molar-refractivity contribution < 1.29 is 23.5 Å². The molecule has 2 aromatic carbocycles. The molecular formula is C28H24FN5O4. The van der Waals surface area contributed by atoms with Crippen LogP contribution >= 0.6 is 0 Å². The molecule has 192 valence electrons. The number of ether oxygens (including phenoxy) is 1. The van der Waals surface area contributed by atoms with E-state index in [9.17, 15) is 18.8 Å². The standard InChI is InChI=1S/C28H24FN5O4/c29-22-14-33(12-16-1-6-23-17(9-16)2-3-19(11-30)31-23)15-25(22)38-20-4-5-21-18(10-20)13-34(28(21)37)24-7-8-26(35)32-27(24)36/h1-6,9-10,22,24-25H,7-8,12-15H2,(H,32,35,36)/t22-,24?,25-/m1/s1. The fourth-order valence-electron chi connectivity index (χ4n) is 5.44. The van der Waals surface area contributed by atoms with Crippen LogP contribution in [0.1, 0.15) is 40.0 Å². The highest BCUT2D eigenvalue weighted by Crippen LogP contribution is 2.31. The predicted octanol–water partition coefficient (Wildman–Crippen LogP) is 2.47. The van der Waals surface area contributed by atoms with E-state index in [1.807, 2.05) is 35.2 Å². The van der Waals surface area contributed by atoms with Crippen molar-refractivity contribution in [3.8, 4) is 11.8 Å². The van der Waals surface area contributed by atoms with Gasteiger partial charge < -0.3 is 9.64 Å². The third-order valence-corrected chi connectivity index (χ3v) is 7.33. The number of rotatable bonds is 5. The normalized spacial score (nSPS) is 23.4. The summed E-state index contributed by atoms with van der Waals surface area (Å²) in [5, 5.41) is 12.2. The molecule has 0 aliphatic carbocycles. The Bertz CT molecular complexity index is 1520. The van der Waals surface area contributed by atoms with Gasteiger partial charge in [0.05, 0.1) is 5.52 Å². The molecule has 0 saturated carbocycles. The zero-order chi connectivity index (χ0) is 26.4. The second-order valence-corrected chi connectivity index (χ2v) is 9.92. The number of imide groups is 1. The summed E-state index contributed by atoms with van der Waals surface area (Å²) in [6, 6.07) is 15.7. The summed E-state index contributed by atoms with van der Waals surface area (Å²) in [5.74, 6) is -0.573. The van der Waals surface area contributed by atoms with Crippen LogP contribution in [-0.2, 0) is 22.7 Å². The minimum Gasteiger partial charge on any atom is -0.486 e. The number of nitrogens with zero attached hydrogens (tertiary/aromatic N) is 4. The summed E-state index contributed by atoms with van der Waals surface area (Å²) >= 11 is 0. The van der Waals surface area contributed by atoms with Crippen LogP contribution in [0.2, 0.25) is 0 Å². The first-order chi connectivity index (χ1) is 18.4. The summed E-state index contributed by atoms with van der Waals surface area (Å²) in [7, 11) is 0. The van der Waals surface area contributed by atoms with Crippen molar-refractivity contribution in [2.45, 2.75) is 44.2 Å². The van der Waals surface area contributed by atoms with E-state index in [0.717, 1.165) is 16.5 Å². The largest absolute Gasteiger partial charge is 0.486 e. The number of carbonyl (C=O) groups excluding carboxylic acids is 3. The highest BCUT2D eigenvalue weighted by molar-refractivity contribution is 6.05. The van der Waals surface area contributed by atoms with Crippen molar-refractivity contribution in [3.63, 3.8) is 0 Å². The fraction of sp³-hybridized carbons (Fsp3) is 0.321. The minimum atomic E-state index is -1.18. The van der Waals surface area contributed by atoms with Gasteiger partial charge in [0, 0.05) is 43.5 Å². The molecule has 6 rings (SSSR count). The number of hydrogen-bond acceptors (Lipinski definition) is 7. The van der Waals surface area contributed by atoms with Gasteiger partial charge in [-0.05, 0) is 60.0 Å². The molecule has 3 amide bonds. The second-order valence-electron chi connectivity index (χ2n) is 9.92. The lowest BCUT2D eigenvalue weighted by atomic mass is 10.0. The summed E-state index contributed by atoms with van der Waals surface area (Å²) in [4.78, 5) is 44.4. The van der Waals surface area contributed by atoms with Crippen LogP contribution < -0.4 is 10.1 Å². The highest BCUT2D eigenvalue weighted by atomic mass is 19.1. The van der Waals surface area contributed by atoms with Crippen molar-refractivity contribution >= 4 is 28.6 Å². The van der Waals surface area contributed by atoms with E-state index < -0.39 is 24.2 Å². The molecule has 1 unspecified atom stereocenters. The van der Waals surface area contributed by atoms with E-state index in [1.165, 1.54) is 4.90 Å². The molecule has 1 aromatic heterocycles. The smallest absolute Gasteiger partial charge is 0.255 e. The van der Waals surface area contributed by atoms with Crippen molar-refractivity contribution in [3.05, 3.63) is 70.9 Å². The van der Waals surface area contributed by atoms with Gasteiger partial charge in [-0.1, -0.05) is 6.07 Å². The lowest BCUT2D eigenvalue weighted by molar-refractivity contribution is -0.136. The number of carbonyl (C=O) groups is 3. The van der Waals surface area contributed by atoms with Crippen LogP contribution in [0.5, 0.6) is 5.75 Å². The summed E-state index contributed by atoms with van der Waals surface area (Å²) in [5.41, 5.74) is 3.32. The summed E-state index contributed by atoms with van der Waals surface area (Å²) in [6.07, 6.45) is -1.34. The average molecular weight is 514 g/mol. The van der Waals surface area contributed by atoms with Gasteiger partial charge in [0.25, 0.3) is 5.91 Å². The van der Waals surface area contributed by atoms with E-state index in [0.29, 0.717) is 42.1 Å². The molecule has 0 radical (unpaired) electrons. The van der Waals surface area contributed by atoms with Gasteiger partial charge in [-0.25, -0.2) is 9.37 Å². The monoisotopic (exact) mass is 513 g/mol. The number of hydrogen-bond donors (Lipinski definition) is 1. The maximum Gasteiger partial charge on any atom is 0.255 e. The molecular weight excluding hydrogens is 489 g/mol. The quantitative estimate of drug-likeness (QED) is 0.521. The molecule has 0 spiro atoms. The number of halogens is 1. The van der Waals surface area contributed by atoms with E-state index >= 15 is 0 Å². The van der Waals surface area contributed by atoms with E-state index in [2.05, 4.69) is 10.3 Å². The number of nitrogens with one attached hydrogen (secondary N) is 1. The van der Waals surface area contributed by atoms with Gasteiger partial charge in [-0.2, -0.15) is 5.26 Å². The maximum absolute atomic E-state index is 14.9. The third kappa shape index (κ3) is 4.46. The third-order valence-electron chi connectivity index (χ3n) is 7.33. The van der Waals surface area contributed by atoms with Crippen LogP contribution in [0, 0.1) is 11.3 Å². The molecule has 10 heteroatoms. The van der Waals surface area contributed by atoms with Crippen LogP contribution in [0.15, 0.2) is 48.5 Å². The van der Waals surface area contributed by atoms with Crippen LogP contribution in [0.4, 0.5) is 4.39 Å². The Labute approximate surface area is 217 Å². The molecule has 1 N–H and O–H groups in total. The number of alkyl halides is 1. The molecule has 9 nitrogen and oxygen atoms in total. The van der Waals surface area contributed by atoms with Crippen LogP contribution in [-0.4, -0.2) is 63.9 Å². The van der Waals surface area contributed by atoms with E-state index in [-0.39, 0.29) is 31.3 Å². The molecule has 4 heterocycles. The van der Waals surface area contributed by atoms with Crippen LogP contribution in [0.25, 0.3) is 10.9 Å². The van der Waals surface area contributed by atoms with E-state index in [4.69, 9.17) is 10.00 Å². The van der Waals surface area contributed by atoms with Gasteiger partial charge in [0.2, 0.25) is 11.8 Å². The number of piperidine rings is 1. The van der Waals surface area contributed by atoms with Gasteiger partial charge >= 0.3 is 0 Å². The number of aromatic nitrogens is 1. The highest BCUT2D eigenvalue weighted by Gasteiger charge is 2.40. The van der Waals surface area contributed by atoms with Crippen molar-refractivity contribution in [1.29, 1.82) is 5.26 Å². The number of nitriles is 1. The average Bonchev–Trinajstić information content (AvgIpc) is 3.41. The molecule has 3 aromatic rings. The second kappa shape index (κ2) is 9.50. The van der Waals surface area contributed by atoms with E-state index in [1.54, 1.807) is 24.3 Å². The van der Waals surface area contributed by atoms with Gasteiger partial charge in [-0.3, -0.25) is 24.6 Å². The van der Waals surface area contributed by atoms with Crippen molar-refractivity contribution in [1.82, 2.24) is 20.1 Å². The summed E-state index contributed by atoms with van der Waals surface area (Å²) in [6.45, 7) is 1.43. The number of benzene rings is 2. The Morgan fingerprint density at radius 1 is 1.11 bits per heavy atom. The molecule has 3 aliphatic heterocycles. The fourth-order valence-corrected chi connectivity index (χ4v) is 5.44. The first-order valence-corrected chi connectivity index (χ1v) is 12.5. The van der Waals surface area contributed by atoms with Gasteiger partial charge in [-0.15, -0.1) is 0 Å². The first-order valence-electron chi connectivity index (χ1n) is 12.5. The summed E-state index contributed by atoms with van der Waals surface area (Å²) < 4.78 is 21.0. The van der Waals surface area contributed by atoms with Crippen LogP contribution in [0.3, 0.4) is 0 Å². The predicted molar refractivity (Wildman–Crippen MR) is 134 cm³/mol. The topological polar surface area (TPSA) is 116 Å². The van der Waals surface area contributed by atoms with Gasteiger partial charge in [0.15, 0.2) is 6.17 Å². The molecule has 3 aliphatic rings. The van der Waals surface area contributed by atoms with Crippen molar-refractivity contribution in [2.24, 2.45) is 0 Å².